The highest BCUT2D eigenvalue weighted by molar-refractivity contribution is 7.89. The minimum absolute atomic E-state index is 0.0254. The molecular weight excluding hydrogens is 286 g/mol. The maximum Gasteiger partial charge on any atom is 0.273 e. The fraction of sp³-hybridized carbons (Fsp3) is 0.200. The van der Waals surface area contributed by atoms with Crippen molar-refractivity contribution in [3.8, 4) is 11.4 Å². The Hall–Kier alpha value is -2.33. The van der Waals surface area contributed by atoms with Gasteiger partial charge in [0.1, 0.15) is 0 Å². The van der Waals surface area contributed by atoms with Crippen molar-refractivity contribution in [1.29, 1.82) is 0 Å². The van der Waals surface area contributed by atoms with E-state index in [-0.39, 0.29) is 16.7 Å². The maximum absolute atomic E-state index is 11.3. The number of primary sulfonamides is 1. The van der Waals surface area contributed by atoms with Crippen molar-refractivity contribution >= 4 is 15.7 Å². The zero-order valence-electron chi connectivity index (χ0n) is 10.6. The van der Waals surface area contributed by atoms with E-state index in [4.69, 9.17) is 5.14 Å². The highest BCUT2D eigenvalue weighted by Gasteiger charge is 2.20. The third kappa shape index (κ3) is 2.38. The van der Waals surface area contributed by atoms with E-state index in [0.717, 1.165) is 0 Å². The number of rotatable bonds is 3. The zero-order chi connectivity index (χ0) is 15.1. The Bertz CT molecular complexity index is 796. The molecule has 0 fully saturated rings. The zero-order valence-corrected chi connectivity index (χ0v) is 11.5. The lowest BCUT2D eigenvalue weighted by Gasteiger charge is -2.04. The first-order chi connectivity index (χ1) is 9.21. The van der Waals surface area contributed by atoms with E-state index in [1.807, 2.05) is 0 Å². The summed E-state index contributed by atoms with van der Waals surface area (Å²) in [5, 5.41) is 22.6. The van der Waals surface area contributed by atoms with E-state index in [9.17, 15) is 18.5 Å². The molecule has 0 aliphatic carbocycles. The number of aromatic nitrogens is 3. The standard InChI is InChI=1S/C10H11N5O4S/c1-6-5-7(3-4-8(6)15(16)17)9-12-13-10(14(9)2)20(11,18)19/h3-5H,1-2H3,(H2,11,18,19). The Kier molecular flexibility index (Phi) is 3.28. The lowest BCUT2D eigenvalue weighted by Crippen LogP contribution is -2.17. The summed E-state index contributed by atoms with van der Waals surface area (Å²) in [5.41, 5.74) is 0.924. The summed E-state index contributed by atoms with van der Waals surface area (Å²) in [6, 6.07) is 4.34. The highest BCUT2D eigenvalue weighted by atomic mass is 32.2. The quantitative estimate of drug-likeness (QED) is 0.641. The largest absolute Gasteiger partial charge is 0.300 e. The molecule has 0 spiro atoms. The number of aryl methyl sites for hydroxylation is 1. The maximum atomic E-state index is 11.3. The Balaban J connectivity index is 2.56. The van der Waals surface area contributed by atoms with E-state index < -0.39 is 14.9 Å². The van der Waals surface area contributed by atoms with Crippen LogP contribution in [0.15, 0.2) is 23.4 Å². The minimum atomic E-state index is -3.97. The van der Waals surface area contributed by atoms with Gasteiger partial charge in [-0.1, -0.05) is 0 Å². The second-order valence-corrected chi connectivity index (χ2v) is 5.62. The normalized spacial score (nSPS) is 11.6. The van der Waals surface area contributed by atoms with Crippen LogP contribution >= 0.6 is 0 Å². The summed E-state index contributed by atoms with van der Waals surface area (Å²) in [7, 11) is -2.52. The number of hydrogen-bond acceptors (Lipinski definition) is 6. The first-order valence-electron chi connectivity index (χ1n) is 5.39. The van der Waals surface area contributed by atoms with Gasteiger partial charge in [0, 0.05) is 24.2 Å². The van der Waals surface area contributed by atoms with Crippen LogP contribution in [0, 0.1) is 17.0 Å². The van der Waals surface area contributed by atoms with Gasteiger partial charge in [0.25, 0.3) is 20.9 Å². The summed E-state index contributed by atoms with van der Waals surface area (Å²) >= 11 is 0. The van der Waals surface area contributed by atoms with Crippen LogP contribution in [0.2, 0.25) is 0 Å². The summed E-state index contributed by atoms with van der Waals surface area (Å²) in [4.78, 5) is 10.3. The van der Waals surface area contributed by atoms with Gasteiger partial charge in [0.15, 0.2) is 5.82 Å². The number of nitrogens with zero attached hydrogens (tertiary/aromatic N) is 4. The van der Waals surface area contributed by atoms with Crippen LogP contribution in [0.3, 0.4) is 0 Å². The van der Waals surface area contributed by atoms with Gasteiger partial charge in [-0.2, -0.15) is 0 Å². The van der Waals surface area contributed by atoms with E-state index >= 15 is 0 Å². The van der Waals surface area contributed by atoms with Crippen molar-refractivity contribution in [2.24, 2.45) is 12.2 Å². The van der Waals surface area contributed by atoms with Crippen molar-refractivity contribution in [2.75, 3.05) is 0 Å². The molecule has 1 aromatic carbocycles. The van der Waals surface area contributed by atoms with E-state index in [1.165, 1.54) is 29.8 Å². The molecule has 9 nitrogen and oxygen atoms in total. The van der Waals surface area contributed by atoms with Crippen molar-refractivity contribution in [2.45, 2.75) is 12.1 Å². The molecule has 0 atom stereocenters. The molecule has 1 aromatic heterocycles. The average Bonchev–Trinajstić information content (AvgIpc) is 2.70. The van der Waals surface area contributed by atoms with Crippen LogP contribution in [0.4, 0.5) is 5.69 Å². The molecule has 0 aliphatic heterocycles. The molecule has 0 radical (unpaired) electrons. The van der Waals surface area contributed by atoms with Crippen molar-refractivity contribution in [1.82, 2.24) is 14.8 Å². The average molecular weight is 297 g/mol. The summed E-state index contributed by atoms with van der Waals surface area (Å²) in [5.74, 6) is 0.257. The Morgan fingerprint density at radius 1 is 1.35 bits per heavy atom. The smallest absolute Gasteiger partial charge is 0.273 e. The molecule has 10 heteroatoms. The molecule has 0 bridgehead atoms. The molecule has 2 rings (SSSR count). The number of nitro benzene ring substituents is 1. The molecule has 0 saturated carbocycles. The Morgan fingerprint density at radius 2 is 2.00 bits per heavy atom. The van der Waals surface area contributed by atoms with Crippen molar-refractivity contribution < 1.29 is 13.3 Å². The van der Waals surface area contributed by atoms with E-state index in [1.54, 1.807) is 6.92 Å². The molecular formula is C10H11N5O4S. The molecule has 20 heavy (non-hydrogen) atoms. The molecule has 0 unspecified atom stereocenters. The monoisotopic (exact) mass is 297 g/mol. The molecule has 2 N–H and O–H groups in total. The topological polar surface area (TPSA) is 134 Å². The predicted octanol–water partition coefficient (Wildman–Crippen LogP) is 0.346. The number of nitrogens with two attached hydrogens (primary N) is 1. The minimum Gasteiger partial charge on any atom is -0.300 e. The van der Waals surface area contributed by atoms with Crippen LogP contribution in [0.25, 0.3) is 11.4 Å². The van der Waals surface area contributed by atoms with Gasteiger partial charge >= 0.3 is 0 Å². The van der Waals surface area contributed by atoms with E-state index in [2.05, 4.69) is 10.2 Å². The fourth-order valence-corrected chi connectivity index (χ4v) is 2.44. The number of benzene rings is 1. The lowest BCUT2D eigenvalue weighted by molar-refractivity contribution is -0.385. The van der Waals surface area contributed by atoms with Crippen molar-refractivity contribution in [3.05, 3.63) is 33.9 Å². The van der Waals surface area contributed by atoms with Gasteiger partial charge in [-0.15, -0.1) is 10.2 Å². The second kappa shape index (κ2) is 4.65. The van der Waals surface area contributed by atoms with E-state index in [0.29, 0.717) is 11.1 Å². The molecule has 106 valence electrons. The van der Waals surface area contributed by atoms with Crippen LogP contribution in [0.5, 0.6) is 0 Å². The first kappa shape index (κ1) is 14.1. The highest BCUT2D eigenvalue weighted by Crippen LogP contribution is 2.25. The molecule has 1 heterocycles. The number of sulfonamides is 1. The molecule has 0 aliphatic rings. The van der Waals surface area contributed by atoms with Crippen LogP contribution < -0.4 is 5.14 Å². The van der Waals surface area contributed by atoms with Gasteiger partial charge in [-0.3, -0.25) is 14.7 Å². The van der Waals surface area contributed by atoms with Crippen LogP contribution in [0.1, 0.15) is 5.56 Å². The van der Waals surface area contributed by atoms with Gasteiger partial charge in [0.05, 0.1) is 4.92 Å². The van der Waals surface area contributed by atoms with Gasteiger partial charge in [0.2, 0.25) is 0 Å². The fourth-order valence-electron chi connectivity index (χ4n) is 1.81. The molecule has 0 amide bonds. The lowest BCUT2D eigenvalue weighted by atomic mass is 10.1. The SMILES string of the molecule is Cc1cc(-c2nnc(S(N)(=O)=O)n2C)ccc1[N+](=O)[O-]. The van der Waals surface area contributed by atoms with Crippen LogP contribution in [-0.2, 0) is 17.1 Å². The van der Waals surface area contributed by atoms with Gasteiger partial charge in [-0.05, 0) is 19.1 Å². The Labute approximate surface area is 114 Å². The molecule has 0 saturated heterocycles. The summed E-state index contributed by atoms with van der Waals surface area (Å²) in [6.45, 7) is 1.58. The van der Waals surface area contributed by atoms with Gasteiger partial charge in [-0.25, -0.2) is 13.6 Å². The molecule has 2 aromatic rings. The number of nitro groups is 1. The van der Waals surface area contributed by atoms with Crippen LogP contribution in [-0.4, -0.2) is 28.1 Å². The summed E-state index contributed by atoms with van der Waals surface area (Å²) < 4.78 is 23.8. The third-order valence-corrected chi connectivity index (χ3v) is 3.61. The van der Waals surface area contributed by atoms with Gasteiger partial charge < -0.3 is 0 Å². The predicted molar refractivity (Wildman–Crippen MR) is 69.2 cm³/mol. The Morgan fingerprint density at radius 3 is 2.45 bits per heavy atom. The summed E-state index contributed by atoms with van der Waals surface area (Å²) in [6.07, 6.45) is 0. The first-order valence-corrected chi connectivity index (χ1v) is 6.94. The van der Waals surface area contributed by atoms with Crippen molar-refractivity contribution in [3.63, 3.8) is 0 Å². The number of hydrogen-bond donors (Lipinski definition) is 1. The third-order valence-electron chi connectivity index (χ3n) is 2.74. The second-order valence-electron chi connectivity index (χ2n) is 4.17.